The molecule has 11 heteroatoms. The van der Waals surface area contributed by atoms with E-state index in [0.717, 1.165) is 5.56 Å². The number of hydrogen-bond acceptors (Lipinski definition) is 8. The van der Waals surface area contributed by atoms with Gasteiger partial charge in [0, 0.05) is 38.3 Å². The zero-order valence-electron chi connectivity index (χ0n) is 23.0. The van der Waals surface area contributed by atoms with E-state index in [4.69, 9.17) is 4.42 Å². The third kappa shape index (κ3) is 4.57. The SMILES string of the molecule is CN(CCO)C(=O)c1ccc2c(c1)C(c1ccccc1F)N(c1nc(-c3nc4ccccc4o3)c(O)c(=O)n1C)CC2. The molecule has 214 valence electrons. The molecule has 0 saturated carbocycles. The van der Waals surface area contributed by atoms with E-state index in [1.54, 1.807) is 66.5 Å². The lowest BCUT2D eigenvalue weighted by atomic mass is 9.86. The fourth-order valence-corrected chi connectivity index (χ4v) is 5.43. The molecule has 0 aliphatic carbocycles. The number of hydrogen-bond donors (Lipinski definition) is 2. The highest BCUT2D eigenvalue weighted by molar-refractivity contribution is 5.94. The molecule has 0 bridgehead atoms. The minimum Gasteiger partial charge on any atom is -0.501 e. The fourth-order valence-electron chi connectivity index (χ4n) is 5.43. The van der Waals surface area contributed by atoms with Gasteiger partial charge in [0.05, 0.1) is 12.6 Å². The maximum absolute atomic E-state index is 15.5. The Kier molecular flexibility index (Phi) is 6.95. The maximum atomic E-state index is 15.5. The van der Waals surface area contributed by atoms with Crippen molar-refractivity contribution in [1.29, 1.82) is 0 Å². The van der Waals surface area contributed by atoms with Gasteiger partial charge in [0.25, 0.3) is 17.4 Å². The van der Waals surface area contributed by atoms with Gasteiger partial charge in [-0.15, -0.1) is 0 Å². The Bertz CT molecular complexity index is 1850. The highest BCUT2D eigenvalue weighted by Crippen LogP contribution is 2.40. The van der Waals surface area contributed by atoms with Gasteiger partial charge in [-0.05, 0) is 47.9 Å². The molecular weight excluding hydrogens is 541 g/mol. The van der Waals surface area contributed by atoms with Crippen molar-refractivity contribution < 1.29 is 23.8 Å². The lowest BCUT2D eigenvalue weighted by molar-refractivity contribution is 0.0767. The van der Waals surface area contributed by atoms with Gasteiger partial charge in [-0.3, -0.25) is 14.2 Å². The summed E-state index contributed by atoms with van der Waals surface area (Å²) in [6.07, 6.45) is 0.524. The second-order valence-electron chi connectivity index (χ2n) is 10.2. The fraction of sp³-hybridized carbons (Fsp3) is 0.226. The number of carbonyl (C=O) groups excluding carboxylic acids is 1. The number of carbonyl (C=O) groups is 1. The first kappa shape index (κ1) is 27.2. The van der Waals surface area contributed by atoms with Crippen LogP contribution in [0.25, 0.3) is 22.7 Å². The van der Waals surface area contributed by atoms with E-state index in [1.807, 2.05) is 6.07 Å². The Morgan fingerprint density at radius 2 is 1.86 bits per heavy atom. The number of aromatic hydroxyl groups is 1. The van der Waals surface area contributed by atoms with Gasteiger partial charge in [-0.1, -0.05) is 36.4 Å². The second kappa shape index (κ2) is 10.7. The van der Waals surface area contributed by atoms with Crippen LogP contribution < -0.4 is 10.5 Å². The number of fused-ring (bicyclic) bond motifs is 2. The standard InChI is InChI=1S/C31H28FN5O5/c1-35(15-16-38)29(40)19-12-11-18-13-14-37(26(21(18)17-19)20-7-3-4-8-22(20)32)31-34-25(27(39)30(41)36(31)2)28-33-23-9-5-6-10-24(23)42-28/h3-12,17,26,38-39H,13-16H2,1-2H3. The van der Waals surface area contributed by atoms with Crippen LogP contribution in [0, 0.1) is 5.82 Å². The number of likely N-dealkylation sites (N-methyl/N-ethyl adjacent to an activating group) is 1. The van der Waals surface area contributed by atoms with Gasteiger partial charge in [0.15, 0.2) is 11.3 Å². The number of anilines is 1. The summed E-state index contributed by atoms with van der Waals surface area (Å²) in [6.45, 7) is 0.348. The van der Waals surface area contributed by atoms with Crippen LogP contribution in [0.15, 0.2) is 75.9 Å². The Morgan fingerprint density at radius 1 is 1.10 bits per heavy atom. The molecule has 0 spiro atoms. The summed E-state index contributed by atoms with van der Waals surface area (Å²) >= 11 is 0. The first-order valence-electron chi connectivity index (χ1n) is 13.4. The van der Waals surface area contributed by atoms with Crippen LogP contribution in [0.4, 0.5) is 10.3 Å². The van der Waals surface area contributed by atoms with Crippen LogP contribution in [-0.4, -0.2) is 62.3 Å². The average Bonchev–Trinajstić information content (AvgIpc) is 3.43. The Hall–Kier alpha value is -5.03. The van der Waals surface area contributed by atoms with Crippen molar-refractivity contribution in [3.8, 4) is 17.3 Å². The van der Waals surface area contributed by atoms with Crippen molar-refractivity contribution >= 4 is 23.0 Å². The van der Waals surface area contributed by atoms with Gasteiger partial charge < -0.3 is 24.4 Å². The highest BCUT2D eigenvalue weighted by atomic mass is 19.1. The van der Waals surface area contributed by atoms with Gasteiger partial charge in [0.1, 0.15) is 11.3 Å². The summed E-state index contributed by atoms with van der Waals surface area (Å²) in [6, 6.07) is 17.9. The zero-order valence-corrected chi connectivity index (χ0v) is 23.0. The summed E-state index contributed by atoms with van der Waals surface area (Å²) in [5.41, 5.74) is 2.47. The topological polar surface area (TPSA) is 125 Å². The van der Waals surface area contributed by atoms with E-state index in [2.05, 4.69) is 9.97 Å². The van der Waals surface area contributed by atoms with Gasteiger partial charge in [0.2, 0.25) is 11.7 Å². The molecule has 1 unspecified atom stereocenters. The van der Waals surface area contributed by atoms with E-state index in [1.165, 1.54) is 22.6 Å². The van der Waals surface area contributed by atoms with E-state index in [9.17, 15) is 19.8 Å². The number of nitrogens with zero attached hydrogens (tertiary/aromatic N) is 5. The molecule has 2 N–H and O–H groups in total. The van der Waals surface area contributed by atoms with Crippen LogP contribution >= 0.6 is 0 Å². The smallest absolute Gasteiger partial charge is 0.297 e. The Morgan fingerprint density at radius 3 is 2.62 bits per heavy atom. The van der Waals surface area contributed by atoms with E-state index < -0.39 is 23.2 Å². The molecule has 5 aromatic rings. The number of oxazole rings is 1. The lowest BCUT2D eigenvalue weighted by Crippen LogP contribution is -2.41. The maximum Gasteiger partial charge on any atom is 0.297 e. The second-order valence-corrected chi connectivity index (χ2v) is 10.2. The molecule has 3 heterocycles. The van der Waals surface area contributed by atoms with Crippen molar-refractivity contribution in [3.63, 3.8) is 0 Å². The third-order valence-electron chi connectivity index (χ3n) is 7.60. The molecule has 0 radical (unpaired) electrons. The number of amides is 1. The Balaban J connectivity index is 1.53. The molecule has 1 atom stereocenters. The summed E-state index contributed by atoms with van der Waals surface area (Å²) in [4.78, 5) is 38.7. The molecule has 1 amide bonds. The summed E-state index contributed by atoms with van der Waals surface area (Å²) in [5, 5.41) is 20.1. The molecule has 3 aromatic carbocycles. The number of halogens is 1. The number of aliphatic hydroxyl groups is 1. The number of aromatic nitrogens is 3. The van der Waals surface area contributed by atoms with Crippen molar-refractivity contribution in [2.75, 3.05) is 31.6 Å². The molecule has 10 nitrogen and oxygen atoms in total. The van der Waals surface area contributed by atoms with Crippen molar-refractivity contribution in [2.45, 2.75) is 12.5 Å². The Labute approximate surface area is 239 Å². The first-order valence-corrected chi connectivity index (χ1v) is 13.4. The zero-order chi connectivity index (χ0) is 29.5. The van der Waals surface area contributed by atoms with Gasteiger partial charge >= 0.3 is 0 Å². The van der Waals surface area contributed by atoms with Gasteiger partial charge in [-0.25, -0.2) is 14.4 Å². The van der Waals surface area contributed by atoms with Crippen LogP contribution in [0.2, 0.25) is 0 Å². The largest absolute Gasteiger partial charge is 0.501 e. The number of benzene rings is 3. The molecule has 1 aliphatic heterocycles. The third-order valence-corrected chi connectivity index (χ3v) is 7.60. The number of rotatable bonds is 6. The van der Waals surface area contributed by atoms with Crippen LogP contribution in [0.1, 0.15) is 33.1 Å². The summed E-state index contributed by atoms with van der Waals surface area (Å²) < 4.78 is 22.5. The number of para-hydroxylation sites is 2. The quantitative estimate of drug-likeness (QED) is 0.318. The van der Waals surface area contributed by atoms with Crippen LogP contribution in [0.3, 0.4) is 0 Å². The first-order chi connectivity index (χ1) is 20.3. The molecule has 0 saturated heterocycles. The van der Waals surface area contributed by atoms with Crippen molar-refractivity contribution in [1.82, 2.24) is 19.4 Å². The molecule has 6 rings (SSSR count). The van der Waals surface area contributed by atoms with E-state index in [-0.39, 0.29) is 36.6 Å². The molecule has 2 aromatic heterocycles. The van der Waals surface area contributed by atoms with Crippen LogP contribution in [-0.2, 0) is 13.5 Å². The number of aliphatic hydroxyl groups excluding tert-OH is 1. The highest BCUT2D eigenvalue weighted by Gasteiger charge is 2.35. The van der Waals surface area contributed by atoms with Crippen LogP contribution in [0.5, 0.6) is 5.75 Å². The summed E-state index contributed by atoms with van der Waals surface area (Å²) in [7, 11) is 3.08. The van der Waals surface area contributed by atoms with Crippen molar-refractivity contribution in [3.05, 3.63) is 105 Å². The molecular formula is C31H28FN5O5. The van der Waals surface area contributed by atoms with Gasteiger partial charge in [-0.2, -0.15) is 0 Å². The van der Waals surface area contributed by atoms with Crippen molar-refractivity contribution in [2.24, 2.45) is 7.05 Å². The molecule has 1 aliphatic rings. The van der Waals surface area contributed by atoms with E-state index in [0.29, 0.717) is 40.8 Å². The normalized spacial score (nSPS) is 14.7. The average molecular weight is 570 g/mol. The predicted molar refractivity (Wildman–Crippen MR) is 154 cm³/mol. The molecule has 0 fully saturated rings. The summed E-state index contributed by atoms with van der Waals surface area (Å²) in [5.74, 6) is -1.22. The lowest BCUT2D eigenvalue weighted by Gasteiger charge is -2.39. The monoisotopic (exact) mass is 569 g/mol. The minimum atomic E-state index is -0.759. The predicted octanol–water partition coefficient (Wildman–Crippen LogP) is 3.65. The minimum absolute atomic E-state index is 0.0210. The molecule has 42 heavy (non-hydrogen) atoms. The van der Waals surface area contributed by atoms with E-state index >= 15 is 4.39 Å².